The number of hydrogen-bond donors (Lipinski definition) is 0. The molecule has 0 nitrogen and oxygen atoms in total. The molecule has 0 saturated carbocycles. The van der Waals surface area contributed by atoms with E-state index in [1.165, 1.54) is 16.7 Å². The van der Waals surface area contributed by atoms with E-state index in [-0.39, 0.29) is 0 Å². The van der Waals surface area contributed by atoms with Crippen LogP contribution in [0.2, 0.25) is 0 Å². The first-order valence-electron chi connectivity index (χ1n) is 3.15. The third kappa shape index (κ3) is 0.595. The van der Waals surface area contributed by atoms with Gasteiger partial charge in [0, 0.05) is 0 Å². The average molecular weight is 116 g/mol. The molecule has 0 radical (unpaired) electrons. The summed E-state index contributed by atoms with van der Waals surface area (Å²) in [5.41, 5.74) is 4.11. The Morgan fingerprint density at radius 2 is 1.78 bits per heavy atom. The van der Waals surface area contributed by atoms with Crippen molar-refractivity contribution in [2.75, 3.05) is 0 Å². The molecule has 0 heterocycles. The zero-order chi connectivity index (χ0) is 6.27. The number of rotatable bonds is 0. The van der Waals surface area contributed by atoms with Crippen LogP contribution in [-0.4, -0.2) is 0 Å². The lowest BCUT2D eigenvalue weighted by molar-refractivity contribution is 1.43. The van der Waals surface area contributed by atoms with Crippen LogP contribution in [0.4, 0.5) is 0 Å². The third-order valence-electron chi connectivity index (χ3n) is 1.68. The molecule has 0 bridgehead atoms. The van der Waals surface area contributed by atoms with Crippen LogP contribution in [0.1, 0.15) is 16.7 Å². The van der Waals surface area contributed by atoms with Gasteiger partial charge in [-0.05, 0) is 18.1 Å². The molecule has 1 aliphatic rings. The van der Waals surface area contributed by atoms with E-state index >= 15 is 0 Å². The van der Waals surface area contributed by atoms with Crippen molar-refractivity contribution in [1.29, 1.82) is 0 Å². The summed E-state index contributed by atoms with van der Waals surface area (Å²) in [7, 11) is 0. The Bertz CT molecular complexity index is 269. The molecule has 0 aromatic heterocycles. The fraction of sp³-hybridized carbons (Fsp3) is 0.111. The van der Waals surface area contributed by atoms with Crippen LogP contribution >= 0.6 is 0 Å². The highest BCUT2D eigenvalue weighted by Gasteiger charge is 2.02. The van der Waals surface area contributed by atoms with Gasteiger partial charge in [0.25, 0.3) is 0 Å². The van der Waals surface area contributed by atoms with Crippen molar-refractivity contribution in [1.82, 2.24) is 0 Å². The highest BCUT2D eigenvalue weighted by atomic mass is 14.1. The SMILES string of the molecule is Cc1ccc2c(c1)C=C2. The molecule has 1 aromatic carbocycles. The van der Waals surface area contributed by atoms with Crippen molar-refractivity contribution < 1.29 is 0 Å². The molecule has 0 unspecified atom stereocenters. The minimum atomic E-state index is 1.35. The van der Waals surface area contributed by atoms with Gasteiger partial charge in [0.1, 0.15) is 0 Å². The summed E-state index contributed by atoms with van der Waals surface area (Å²) in [6.45, 7) is 2.12. The molecule has 0 amide bonds. The average Bonchev–Trinajstić information content (AvgIpc) is 1.78. The molecular formula is C9H8. The quantitative estimate of drug-likeness (QED) is 0.496. The second kappa shape index (κ2) is 1.47. The van der Waals surface area contributed by atoms with Crippen molar-refractivity contribution >= 4 is 12.2 Å². The molecule has 2 rings (SSSR count). The van der Waals surface area contributed by atoms with Crippen LogP contribution in [0.15, 0.2) is 18.2 Å². The maximum Gasteiger partial charge on any atom is -0.0181 e. The number of benzene rings is 1. The van der Waals surface area contributed by atoms with Crippen LogP contribution < -0.4 is 0 Å². The first-order valence-corrected chi connectivity index (χ1v) is 3.15. The van der Waals surface area contributed by atoms with Gasteiger partial charge in [-0.2, -0.15) is 0 Å². The summed E-state index contributed by atoms with van der Waals surface area (Å²) in [5, 5.41) is 0. The van der Waals surface area contributed by atoms with E-state index in [0.717, 1.165) is 0 Å². The number of aryl methyl sites for hydroxylation is 1. The Morgan fingerprint density at radius 1 is 1.00 bits per heavy atom. The topological polar surface area (TPSA) is 0 Å². The normalized spacial score (nSPS) is 12.6. The molecule has 0 N–H and O–H groups in total. The zero-order valence-electron chi connectivity index (χ0n) is 5.39. The number of hydrogen-bond acceptors (Lipinski definition) is 0. The van der Waals surface area contributed by atoms with Crippen molar-refractivity contribution in [3.63, 3.8) is 0 Å². The molecule has 0 aliphatic heterocycles. The van der Waals surface area contributed by atoms with Crippen LogP contribution in [0.25, 0.3) is 12.2 Å². The van der Waals surface area contributed by atoms with Gasteiger partial charge in [-0.15, -0.1) is 0 Å². The Kier molecular flexibility index (Phi) is 0.786. The fourth-order valence-electron chi connectivity index (χ4n) is 1.07. The molecule has 44 valence electrons. The summed E-state index contributed by atoms with van der Waals surface area (Å²) in [6.07, 6.45) is 4.27. The molecule has 1 aromatic rings. The van der Waals surface area contributed by atoms with Gasteiger partial charge in [0.05, 0.1) is 0 Å². The monoisotopic (exact) mass is 116 g/mol. The van der Waals surface area contributed by atoms with Gasteiger partial charge < -0.3 is 0 Å². The smallest absolute Gasteiger partial charge is 0.0181 e. The molecule has 0 atom stereocenters. The van der Waals surface area contributed by atoms with E-state index in [9.17, 15) is 0 Å². The molecule has 0 saturated heterocycles. The first-order chi connectivity index (χ1) is 4.36. The van der Waals surface area contributed by atoms with E-state index < -0.39 is 0 Å². The van der Waals surface area contributed by atoms with E-state index in [1.54, 1.807) is 0 Å². The lowest BCUT2D eigenvalue weighted by atomic mass is 9.96. The van der Waals surface area contributed by atoms with E-state index in [0.29, 0.717) is 0 Å². The van der Waals surface area contributed by atoms with E-state index in [1.807, 2.05) is 0 Å². The summed E-state index contributed by atoms with van der Waals surface area (Å²) in [6, 6.07) is 6.50. The Hall–Kier alpha value is -1.04. The van der Waals surface area contributed by atoms with Gasteiger partial charge in [-0.1, -0.05) is 35.9 Å². The summed E-state index contributed by atoms with van der Waals surface area (Å²) >= 11 is 0. The lowest BCUT2D eigenvalue weighted by Gasteiger charge is -2.09. The second-order valence-corrected chi connectivity index (χ2v) is 2.47. The van der Waals surface area contributed by atoms with E-state index in [4.69, 9.17) is 0 Å². The second-order valence-electron chi connectivity index (χ2n) is 2.47. The van der Waals surface area contributed by atoms with Gasteiger partial charge in [-0.25, -0.2) is 0 Å². The predicted octanol–water partition coefficient (Wildman–Crippen LogP) is 2.48. The minimum absolute atomic E-state index is 1.35. The molecule has 0 heteroatoms. The van der Waals surface area contributed by atoms with Gasteiger partial charge in [0.2, 0.25) is 0 Å². The van der Waals surface area contributed by atoms with Crippen molar-refractivity contribution in [3.8, 4) is 0 Å². The number of fused-ring (bicyclic) bond motifs is 1. The maximum atomic E-state index is 2.20. The third-order valence-corrected chi connectivity index (χ3v) is 1.68. The summed E-state index contributed by atoms with van der Waals surface area (Å²) in [4.78, 5) is 0. The molecular weight excluding hydrogens is 108 g/mol. The lowest BCUT2D eigenvalue weighted by Crippen LogP contribution is -1.88. The van der Waals surface area contributed by atoms with Crippen molar-refractivity contribution in [2.45, 2.75) is 6.92 Å². The van der Waals surface area contributed by atoms with Crippen LogP contribution in [0, 0.1) is 6.92 Å². The molecule has 0 fully saturated rings. The standard InChI is InChI=1S/C9H8/c1-7-2-3-8-4-5-9(8)6-7/h2-6H,1H3. The van der Waals surface area contributed by atoms with Crippen LogP contribution in [0.3, 0.4) is 0 Å². The van der Waals surface area contributed by atoms with Crippen LogP contribution in [0.5, 0.6) is 0 Å². The predicted molar refractivity (Wildman–Crippen MR) is 40.1 cm³/mol. The molecule has 1 aliphatic carbocycles. The van der Waals surface area contributed by atoms with Gasteiger partial charge >= 0.3 is 0 Å². The van der Waals surface area contributed by atoms with Gasteiger partial charge in [-0.3, -0.25) is 0 Å². The zero-order valence-corrected chi connectivity index (χ0v) is 5.39. The van der Waals surface area contributed by atoms with E-state index in [2.05, 4.69) is 37.3 Å². The molecule has 0 spiro atoms. The first kappa shape index (κ1) is 4.80. The van der Waals surface area contributed by atoms with Crippen molar-refractivity contribution in [2.24, 2.45) is 0 Å². The largest absolute Gasteiger partial charge is 0.0587 e. The Morgan fingerprint density at radius 3 is 2.22 bits per heavy atom. The van der Waals surface area contributed by atoms with Crippen molar-refractivity contribution in [3.05, 3.63) is 34.9 Å². The highest BCUT2D eigenvalue weighted by molar-refractivity contribution is 5.85. The van der Waals surface area contributed by atoms with Gasteiger partial charge in [0.15, 0.2) is 0 Å². The summed E-state index contributed by atoms with van der Waals surface area (Å²) < 4.78 is 0. The van der Waals surface area contributed by atoms with Crippen LogP contribution in [-0.2, 0) is 0 Å². The maximum absolute atomic E-state index is 2.20. The highest BCUT2D eigenvalue weighted by Crippen LogP contribution is 2.23. The molecule has 9 heavy (non-hydrogen) atoms. The fourth-order valence-corrected chi connectivity index (χ4v) is 1.07. The Labute approximate surface area is 54.8 Å². The Balaban J connectivity index is 2.63. The minimum Gasteiger partial charge on any atom is -0.0587 e. The summed E-state index contributed by atoms with van der Waals surface area (Å²) in [5.74, 6) is 0.